The minimum atomic E-state index is -1.03. The zero-order valence-corrected chi connectivity index (χ0v) is 9.51. The number of Topliss-reactive ketones (excluding diaryl/α,β-unsaturated/α-hetero) is 1. The molecule has 0 saturated heterocycles. The van der Waals surface area contributed by atoms with Crippen LogP contribution < -0.4 is 0 Å². The summed E-state index contributed by atoms with van der Waals surface area (Å²) in [5.41, 5.74) is -1.24. The maximum atomic E-state index is 13.3. The fraction of sp³-hybridized carbons (Fsp3) is 0.417. The number of ketones is 1. The van der Waals surface area contributed by atoms with E-state index >= 15 is 0 Å². The number of halogens is 2. The van der Waals surface area contributed by atoms with Gasteiger partial charge < -0.3 is 4.74 Å². The van der Waals surface area contributed by atoms with Gasteiger partial charge in [0.2, 0.25) is 0 Å². The van der Waals surface area contributed by atoms with Gasteiger partial charge in [-0.2, -0.15) is 0 Å². The van der Waals surface area contributed by atoms with Crippen molar-refractivity contribution in [3.63, 3.8) is 0 Å². The van der Waals surface area contributed by atoms with E-state index < -0.39 is 17.2 Å². The van der Waals surface area contributed by atoms with Crippen LogP contribution in [-0.4, -0.2) is 18.5 Å². The zero-order chi connectivity index (χ0) is 12.3. The van der Waals surface area contributed by atoms with E-state index in [0.717, 1.165) is 12.1 Å². The summed E-state index contributed by atoms with van der Waals surface area (Å²) in [6, 6.07) is 3.52. The fourth-order valence-corrected chi connectivity index (χ4v) is 1.19. The van der Waals surface area contributed by atoms with Crippen molar-refractivity contribution in [2.24, 2.45) is 0 Å². The van der Waals surface area contributed by atoms with Gasteiger partial charge in [0.05, 0.1) is 0 Å². The Balaban J connectivity index is 2.94. The molecule has 1 aromatic carbocycles. The van der Waals surface area contributed by atoms with Gasteiger partial charge in [-0.1, -0.05) is 6.07 Å². The first kappa shape index (κ1) is 12.8. The average Bonchev–Trinajstić information content (AvgIpc) is 2.23. The molecule has 0 unspecified atom stereocenters. The SMILES string of the molecule is COC(C)(C)C(=O)Cc1c(F)cccc1F. The molecule has 0 bridgehead atoms. The summed E-state index contributed by atoms with van der Waals surface area (Å²) in [5.74, 6) is -1.78. The van der Waals surface area contributed by atoms with Crippen LogP contribution in [0.3, 0.4) is 0 Å². The molecule has 1 aromatic rings. The molecule has 0 aromatic heterocycles. The number of carbonyl (C=O) groups is 1. The van der Waals surface area contributed by atoms with Gasteiger partial charge in [-0.3, -0.25) is 4.79 Å². The van der Waals surface area contributed by atoms with Crippen molar-refractivity contribution in [2.45, 2.75) is 25.9 Å². The number of hydrogen-bond donors (Lipinski definition) is 0. The summed E-state index contributed by atoms with van der Waals surface area (Å²) in [6.07, 6.45) is -0.306. The van der Waals surface area contributed by atoms with E-state index in [0.29, 0.717) is 0 Å². The van der Waals surface area contributed by atoms with E-state index in [1.165, 1.54) is 13.2 Å². The Labute approximate surface area is 93.2 Å². The molecule has 0 aliphatic heterocycles. The highest BCUT2D eigenvalue weighted by atomic mass is 19.1. The first-order valence-electron chi connectivity index (χ1n) is 4.90. The number of methoxy groups -OCH3 is 1. The third-order valence-electron chi connectivity index (χ3n) is 2.58. The smallest absolute Gasteiger partial charge is 0.168 e. The third-order valence-corrected chi connectivity index (χ3v) is 2.58. The van der Waals surface area contributed by atoms with E-state index in [9.17, 15) is 13.6 Å². The Morgan fingerprint density at radius 2 is 1.81 bits per heavy atom. The minimum absolute atomic E-state index is 0.211. The molecule has 1 rings (SSSR count). The largest absolute Gasteiger partial charge is 0.371 e. The average molecular weight is 228 g/mol. The van der Waals surface area contributed by atoms with Crippen LogP contribution in [0.2, 0.25) is 0 Å². The van der Waals surface area contributed by atoms with Gasteiger partial charge in [0.15, 0.2) is 5.78 Å². The van der Waals surface area contributed by atoms with Crippen LogP contribution in [0.4, 0.5) is 8.78 Å². The maximum absolute atomic E-state index is 13.3. The summed E-state index contributed by atoms with van der Waals surface area (Å²) in [7, 11) is 1.38. The predicted molar refractivity (Wildman–Crippen MR) is 56.2 cm³/mol. The number of hydrogen-bond acceptors (Lipinski definition) is 2. The summed E-state index contributed by atoms with van der Waals surface area (Å²) in [6.45, 7) is 3.13. The van der Waals surface area contributed by atoms with Crippen LogP contribution in [0, 0.1) is 11.6 Å². The van der Waals surface area contributed by atoms with Crippen LogP contribution >= 0.6 is 0 Å². The van der Waals surface area contributed by atoms with Crippen LogP contribution in [0.15, 0.2) is 18.2 Å². The van der Waals surface area contributed by atoms with E-state index in [-0.39, 0.29) is 17.8 Å². The Morgan fingerprint density at radius 1 is 1.31 bits per heavy atom. The molecule has 16 heavy (non-hydrogen) atoms. The lowest BCUT2D eigenvalue weighted by Gasteiger charge is -2.21. The lowest BCUT2D eigenvalue weighted by Crippen LogP contribution is -2.35. The van der Waals surface area contributed by atoms with Crippen LogP contribution in [0.25, 0.3) is 0 Å². The molecular weight excluding hydrogens is 214 g/mol. The Morgan fingerprint density at radius 3 is 2.25 bits per heavy atom. The van der Waals surface area contributed by atoms with Crippen LogP contribution in [0.5, 0.6) is 0 Å². The summed E-state index contributed by atoms with van der Waals surface area (Å²) < 4.78 is 31.5. The van der Waals surface area contributed by atoms with Crippen LogP contribution in [0.1, 0.15) is 19.4 Å². The molecular formula is C12H14F2O2. The zero-order valence-electron chi connectivity index (χ0n) is 9.51. The number of ether oxygens (including phenoxy) is 1. The van der Waals surface area contributed by atoms with Gasteiger partial charge >= 0.3 is 0 Å². The van der Waals surface area contributed by atoms with Gasteiger partial charge in [0.25, 0.3) is 0 Å². The van der Waals surface area contributed by atoms with Crippen molar-refractivity contribution in [1.82, 2.24) is 0 Å². The Hall–Kier alpha value is -1.29. The maximum Gasteiger partial charge on any atom is 0.168 e. The number of carbonyl (C=O) groups excluding carboxylic acids is 1. The summed E-state index contributed by atoms with van der Waals surface area (Å²) >= 11 is 0. The molecule has 0 spiro atoms. The minimum Gasteiger partial charge on any atom is -0.371 e. The first-order chi connectivity index (χ1) is 7.38. The third kappa shape index (κ3) is 2.64. The van der Waals surface area contributed by atoms with Crippen LogP contribution in [-0.2, 0) is 16.0 Å². The van der Waals surface area contributed by atoms with Crippen molar-refractivity contribution in [3.8, 4) is 0 Å². The normalized spacial score (nSPS) is 11.6. The monoisotopic (exact) mass is 228 g/mol. The molecule has 0 aliphatic carbocycles. The van der Waals surface area contributed by atoms with E-state index in [1.807, 2.05) is 0 Å². The van der Waals surface area contributed by atoms with Crippen molar-refractivity contribution in [2.75, 3.05) is 7.11 Å². The first-order valence-corrected chi connectivity index (χ1v) is 4.90. The summed E-state index contributed by atoms with van der Waals surface area (Å²) in [5, 5.41) is 0. The molecule has 0 saturated carbocycles. The van der Waals surface area contributed by atoms with Crippen molar-refractivity contribution in [3.05, 3.63) is 35.4 Å². The molecule has 88 valence electrons. The molecule has 4 heteroatoms. The lowest BCUT2D eigenvalue weighted by molar-refractivity contribution is -0.136. The van der Waals surface area contributed by atoms with E-state index in [4.69, 9.17) is 4.74 Å². The molecule has 0 aliphatic rings. The lowest BCUT2D eigenvalue weighted by atomic mass is 9.96. The second-order valence-electron chi connectivity index (χ2n) is 4.01. The predicted octanol–water partition coefficient (Wildman–Crippen LogP) is 2.50. The highest BCUT2D eigenvalue weighted by Crippen LogP contribution is 2.17. The topological polar surface area (TPSA) is 26.3 Å². The Bertz CT molecular complexity index is 380. The second-order valence-corrected chi connectivity index (χ2v) is 4.01. The van der Waals surface area contributed by atoms with Gasteiger partial charge in [-0.25, -0.2) is 8.78 Å². The van der Waals surface area contributed by atoms with E-state index in [1.54, 1.807) is 13.8 Å². The van der Waals surface area contributed by atoms with Gasteiger partial charge in [0.1, 0.15) is 17.2 Å². The second kappa shape index (κ2) is 4.70. The van der Waals surface area contributed by atoms with Crippen molar-refractivity contribution in [1.29, 1.82) is 0 Å². The molecule has 0 heterocycles. The Kier molecular flexibility index (Phi) is 3.75. The van der Waals surface area contributed by atoms with Gasteiger partial charge in [-0.15, -0.1) is 0 Å². The standard InChI is InChI=1S/C12H14F2O2/c1-12(2,16-3)11(15)7-8-9(13)5-4-6-10(8)14/h4-6H,7H2,1-3H3. The quantitative estimate of drug-likeness (QED) is 0.791. The van der Waals surface area contributed by atoms with Crippen molar-refractivity contribution >= 4 is 5.78 Å². The van der Waals surface area contributed by atoms with E-state index in [2.05, 4.69) is 0 Å². The highest BCUT2D eigenvalue weighted by molar-refractivity contribution is 5.88. The van der Waals surface area contributed by atoms with Gasteiger partial charge in [0, 0.05) is 19.1 Å². The molecule has 0 fully saturated rings. The molecule has 0 radical (unpaired) electrons. The summed E-state index contributed by atoms with van der Waals surface area (Å²) in [4.78, 5) is 11.7. The fourth-order valence-electron chi connectivity index (χ4n) is 1.19. The number of benzene rings is 1. The number of rotatable bonds is 4. The van der Waals surface area contributed by atoms with Crippen molar-refractivity contribution < 1.29 is 18.3 Å². The molecule has 0 atom stereocenters. The molecule has 0 N–H and O–H groups in total. The molecule has 0 amide bonds. The van der Waals surface area contributed by atoms with Gasteiger partial charge in [-0.05, 0) is 26.0 Å². The highest BCUT2D eigenvalue weighted by Gasteiger charge is 2.28. The molecule has 2 nitrogen and oxygen atoms in total.